The van der Waals surface area contributed by atoms with Gasteiger partial charge in [0.2, 0.25) is 5.91 Å². The van der Waals surface area contributed by atoms with Gasteiger partial charge < -0.3 is 20.3 Å². The van der Waals surface area contributed by atoms with Crippen molar-refractivity contribution in [2.75, 3.05) is 11.9 Å². The van der Waals surface area contributed by atoms with Gasteiger partial charge in [-0.25, -0.2) is 9.97 Å². The molecular formula is C26H27N5O2S. The van der Waals surface area contributed by atoms with Crippen molar-refractivity contribution in [3.05, 3.63) is 77.3 Å². The minimum Gasteiger partial charge on any atom is -0.456 e. The highest BCUT2D eigenvalue weighted by atomic mass is 32.1. The van der Waals surface area contributed by atoms with Crippen LogP contribution in [0.15, 0.2) is 61.3 Å². The van der Waals surface area contributed by atoms with Crippen LogP contribution in [0.2, 0.25) is 0 Å². The number of carbonyl (C=O) groups excluding carboxylic acids is 1. The molecule has 2 aromatic heterocycles. The second-order valence-electron chi connectivity index (χ2n) is 8.73. The number of nitrogens with one attached hydrogen (secondary N) is 2. The Morgan fingerprint density at radius 2 is 2.21 bits per heavy atom. The van der Waals surface area contributed by atoms with Crippen molar-refractivity contribution < 1.29 is 9.53 Å². The van der Waals surface area contributed by atoms with Crippen LogP contribution in [0.5, 0.6) is 5.75 Å². The SMILES string of the molecule is C=CC(=O)N1Cc2sc3ncnc(Nc4ccc(OC5=CNC(C)C=C5)c(C)c4)c3c2C(C)C1. The molecule has 0 bridgehead atoms. The van der Waals surface area contributed by atoms with E-state index in [9.17, 15) is 4.79 Å². The lowest BCUT2D eigenvalue weighted by atomic mass is 9.94. The fourth-order valence-corrected chi connectivity index (χ4v) is 5.69. The average Bonchev–Trinajstić information content (AvgIpc) is 3.21. The largest absolute Gasteiger partial charge is 0.456 e. The van der Waals surface area contributed by atoms with Crippen molar-refractivity contribution in [2.45, 2.75) is 39.3 Å². The van der Waals surface area contributed by atoms with Gasteiger partial charge in [-0.15, -0.1) is 11.3 Å². The van der Waals surface area contributed by atoms with Crippen LogP contribution < -0.4 is 15.4 Å². The van der Waals surface area contributed by atoms with Crippen molar-refractivity contribution in [1.82, 2.24) is 20.2 Å². The fraction of sp³-hybridized carbons (Fsp3) is 0.269. The summed E-state index contributed by atoms with van der Waals surface area (Å²) in [4.78, 5) is 25.2. The number of ether oxygens (including phenoxy) is 1. The van der Waals surface area contributed by atoms with Crippen molar-refractivity contribution >= 4 is 39.0 Å². The molecule has 0 radical (unpaired) electrons. The molecule has 3 aromatic rings. The molecule has 0 saturated heterocycles. The Morgan fingerprint density at radius 3 is 2.94 bits per heavy atom. The zero-order chi connectivity index (χ0) is 23.8. The van der Waals surface area contributed by atoms with Crippen LogP contribution in [0.3, 0.4) is 0 Å². The van der Waals surface area contributed by atoms with E-state index < -0.39 is 0 Å². The predicted molar refractivity (Wildman–Crippen MR) is 136 cm³/mol. The Labute approximate surface area is 202 Å². The number of thiophene rings is 1. The van der Waals surface area contributed by atoms with Gasteiger partial charge in [-0.05, 0) is 55.3 Å². The van der Waals surface area contributed by atoms with Gasteiger partial charge in [0, 0.05) is 35.3 Å². The number of aryl methyl sites for hydroxylation is 1. The van der Waals surface area contributed by atoms with Gasteiger partial charge in [-0.2, -0.15) is 0 Å². The Morgan fingerprint density at radius 1 is 1.35 bits per heavy atom. The Bertz CT molecular complexity index is 1340. The number of nitrogens with zero attached hydrogens (tertiary/aromatic N) is 3. The standard InChI is InChI=1S/C26H27N5O2S/c1-5-22(32)31-12-16(3)23-21(13-31)34-26-24(23)25(28-14-29-26)30-18-7-9-20(15(2)10-18)33-19-8-6-17(4)27-11-19/h5-11,14,16-17,27H,1,12-13H2,2-4H3,(H,28,29,30). The van der Waals surface area contributed by atoms with E-state index in [2.05, 4.69) is 53.2 Å². The first-order valence-corrected chi connectivity index (χ1v) is 12.1. The monoisotopic (exact) mass is 473 g/mol. The van der Waals surface area contributed by atoms with E-state index in [1.54, 1.807) is 17.7 Å². The lowest BCUT2D eigenvalue weighted by molar-refractivity contribution is -0.127. The normalized spacial score (nSPS) is 19.3. The van der Waals surface area contributed by atoms with E-state index in [0.29, 0.717) is 19.1 Å². The highest BCUT2D eigenvalue weighted by Gasteiger charge is 2.30. The van der Waals surface area contributed by atoms with Gasteiger partial charge in [0.1, 0.15) is 28.5 Å². The van der Waals surface area contributed by atoms with E-state index in [-0.39, 0.29) is 11.8 Å². The third kappa shape index (κ3) is 4.17. The molecule has 8 heteroatoms. The van der Waals surface area contributed by atoms with Crippen molar-refractivity contribution in [2.24, 2.45) is 0 Å². The minimum atomic E-state index is -0.0399. The van der Waals surface area contributed by atoms with Crippen molar-refractivity contribution in [3.8, 4) is 5.75 Å². The number of dihydropyridines is 1. The topological polar surface area (TPSA) is 79.4 Å². The van der Waals surface area contributed by atoms with E-state index in [0.717, 1.165) is 43.7 Å². The van der Waals surface area contributed by atoms with E-state index in [4.69, 9.17) is 4.74 Å². The van der Waals surface area contributed by atoms with Crippen LogP contribution in [-0.2, 0) is 11.3 Å². The number of hydrogen-bond acceptors (Lipinski definition) is 7. The zero-order valence-corrected chi connectivity index (χ0v) is 20.3. The first kappa shape index (κ1) is 22.2. The minimum absolute atomic E-state index is 0.0399. The number of amides is 1. The summed E-state index contributed by atoms with van der Waals surface area (Å²) >= 11 is 1.63. The molecular weight excluding hydrogens is 446 g/mol. The van der Waals surface area contributed by atoms with E-state index in [1.807, 2.05) is 36.2 Å². The van der Waals surface area contributed by atoms with Crippen LogP contribution in [0.1, 0.15) is 35.8 Å². The number of hydrogen-bond donors (Lipinski definition) is 2. The van der Waals surface area contributed by atoms with Crippen LogP contribution in [0.25, 0.3) is 10.2 Å². The number of fused-ring (bicyclic) bond motifs is 3. The van der Waals surface area contributed by atoms with Gasteiger partial charge in [0.15, 0.2) is 0 Å². The smallest absolute Gasteiger partial charge is 0.246 e. The van der Waals surface area contributed by atoms with Crippen LogP contribution in [-0.4, -0.2) is 33.4 Å². The molecule has 7 nitrogen and oxygen atoms in total. The summed E-state index contributed by atoms with van der Waals surface area (Å²) in [6.07, 6.45) is 8.90. The molecule has 4 heterocycles. The number of benzene rings is 1. The molecule has 0 saturated carbocycles. The first-order chi connectivity index (χ1) is 16.4. The average molecular weight is 474 g/mol. The second-order valence-corrected chi connectivity index (χ2v) is 9.82. The number of carbonyl (C=O) groups is 1. The predicted octanol–water partition coefficient (Wildman–Crippen LogP) is 5.14. The molecule has 2 aliphatic heterocycles. The second kappa shape index (κ2) is 8.95. The molecule has 174 valence electrons. The molecule has 2 unspecified atom stereocenters. The van der Waals surface area contributed by atoms with Crippen LogP contribution >= 0.6 is 11.3 Å². The summed E-state index contributed by atoms with van der Waals surface area (Å²) in [5.41, 5.74) is 3.17. The van der Waals surface area contributed by atoms with E-state index in [1.165, 1.54) is 11.6 Å². The third-order valence-electron chi connectivity index (χ3n) is 6.11. The van der Waals surface area contributed by atoms with Gasteiger partial charge in [0.25, 0.3) is 0 Å². The maximum absolute atomic E-state index is 12.2. The maximum atomic E-state index is 12.2. The molecule has 1 aromatic carbocycles. The van der Waals surface area contributed by atoms with Crippen molar-refractivity contribution in [1.29, 1.82) is 0 Å². The quantitative estimate of drug-likeness (QED) is 0.500. The summed E-state index contributed by atoms with van der Waals surface area (Å²) in [5.74, 6) is 2.50. The highest BCUT2D eigenvalue weighted by molar-refractivity contribution is 7.19. The molecule has 2 atom stereocenters. The Hall–Kier alpha value is -3.65. The number of anilines is 2. The van der Waals surface area contributed by atoms with Crippen molar-refractivity contribution in [3.63, 3.8) is 0 Å². The number of allylic oxidation sites excluding steroid dienone is 1. The third-order valence-corrected chi connectivity index (χ3v) is 7.21. The Balaban J connectivity index is 1.42. The molecule has 0 aliphatic carbocycles. The Kier molecular flexibility index (Phi) is 5.83. The van der Waals surface area contributed by atoms with Crippen LogP contribution in [0, 0.1) is 6.92 Å². The molecule has 5 rings (SSSR count). The highest BCUT2D eigenvalue weighted by Crippen LogP contribution is 2.42. The number of aromatic nitrogens is 2. The molecule has 34 heavy (non-hydrogen) atoms. The van der Waals surface area contributed by atoms with Gasteiger partial charge >= 0.3 is 0 Å². The summed E-state index contributed by atoms with van der Waals surface area (Å²) in [6.45, 7) is 11.1. The summed E-state index contributed by atoms with van der Waals surface area (Å²) in [5, 5.41) is 7.77. The van der Waals surface area contributed by atoms with Crippen LogP contribution in [0.4, 0.5) is 11.5 Å². The molecule has 0 spiro atoms. The first-order valence-electron chi connectivity index (χ1n) is 11.3. The van der Waals surface area contributed by atoms with Gasteiger partial charge in [0.05, 0.1) is 11.9 Å². The summed E-state index contributed by atoms with van der Waals surface area (Å²) in [6, 6.07) is 6.32. The zero-order valence-electron chi connectivity index (χ0n) is 19.5. The van der Waals surface area contributed by atoms with Gasteiger partial charge in [-0.1, -0.05) is 19.6 Å². The molecule has 2 aliphatic rings. The summed E-state index contributed by atoms with van der Waals surface area (Å²) < 4.78 is 6.05. The lowest BCUT2D eigenvalue weighted by Crippen LogP contribution is -2.35. The van der Waals surface area contributed by atoms with E-state index >= 15 is 0 Å². The lowest BCUT2D eigenvalue weighted by Gasteiger charge is -2.30. The summed E-state index contributed by atoms with van der Waals surface area (Å²) in [7, 11) is 0. The molecule has 1 amide bonds. The molecule has 0 fully saturated rings. The number of rotatable bonds is 5. The molecule has 2 N–H and O–H groups in total. The van der Waals surface area contributed by atoms with Gasteiger partial charge in [-0.3, -0.25) is 4.79 Å². The fourth-order valence-electron chi connectivity index (χ4n) is 4.42. The maximum Gasteiger partial charge on any atom is 0.246 e.